The molecule has 18 heavy (non-hydrogen) atoms. The Balaban J connectivity index is 1.97. The molecule has 4 heteroatoms. The molecule has 1 aromatic heterocycles. The normalized spacial score (nSPS) is 22.4. The molecule has 0 fully saturated rings. The van der Waals surface area contributed by atoms with E-state index < -0.39 is 0 Å². The van der Waals surface area contributed by atoms with Crippen LogP contribution in [0.5, 0.6) is 5.75 Å². The zero-order valence-electron chi connectivity index (χ0n) is 10.6. The summed E-state index contributed by atoms with van der Waals surface area (Å²) in [6.45, 7) is 2.05. The smallest absolute Gasteiger partial charge is 0.129 e. The third kappa shape index (κ3) is 1.69. The van der Waals surface area contributed by atoms with Crippen LogP contribution < -0.4 is 10.5 Å². The quantitative estimate of drug-likeness (QED) is 0.835. The Morgan fingerprint density at radius 3 is 2.83 bits per heavy atom. The summed E-state index contributed by atoms with van der Waals surface area (Å²) < 4.78 is 7.92. The second-order valence-corrected chi connectivity index (χ2v) is 4.80. The van der Waals surface area contributed by atoms with E-state index in [0.29, 0.717) is 0 Å². The zero-order valence-corrected chi connectivity index (χ0v) is 10.6. The minimum absolute atomic E-state index is 0.00333. The first-order valence-corrected chi connectivity index (χ1v) is 6.16. The highest BCUT2D eigenvalue weighted by molar-refractivity contribution is 5.39. The van der Waals surface area contributed by atoms with Crippen molar-refractivity contribution in [3.8, 4) is 5.75 Å². The van der Waals surface area contributed by atoms with E-state index in [1.165, 1.54) is 0 Å². The van der Waals surface area contributed by atoms with E-state index in [1.54, 1.807) is 0 Å². The summed E-state index contributed by atoms with van der Waals surface area (Å²) in [4.78, 5) is 0. The maximum absolute atomic E-state index is 6.22. The van der Waals surface area contributed by atoms with Crippen molar-refractivity contribution in [1.29, 1.82) is 0 Å². The second-order valence-electron chi connectivity index (χ2n) is 4.80. The number of hydrogen-bond donors (Lipinski definition) is 1. The summed E-state index contributed by atoms with van der Waals surface area (Å²) in [7, 11) is 1.94. The Labute approximate surface area is 106 Å². The van der Waals surface area contributed by atoms with Gasteiger partial charge >= 0.3 is 0 Å². The molecule has 0 aliphatic carbocycles. The van der Waals surface area contributed by atoms with E-state index in [0.717, 1.165) is 29.0 Å². The van der Waals surface area contributed by atoms with E-state index in [1.807, 2.05) is 42.2 Å². The van der Waals surface area contributed by atoms with Crippen molar-refractivity contribution in [2.45, 2.75) is 25.5 Å². The van der Waals surface area contributed by atoms with Crippen molar-refractivity contribution in [2.24, 2.45) is 12.8 Å². The zero-order chi connectivity index (χ0) is 12.7. The molecule has 94 valence electrons. The summed E-state index contributed by atoms with van der Waals surface area (Å²) in [6.07, 6.45) is 2.67. The third-order valence-electron chi connectivity index (χ3n) is 3.68. The lowest BCUT2D eigenvalue weighted by atomic mass is 9.94. The highest BCUT2D eigenvalue weighted by Gasteiger charge is 2.28. The molecule has 1 aliphatic rings. The molecule has 0 spiro atoms. The van der Waals surface area contributed by atoms with Crippen LogP contribution in [0.1, 0.15) is 35.4 Å². The molecule has 0 saturated carbocycles. The average Bonchev–Trinajstić information content (AvgIpc) is 2.70. The highest BCUT2D eigenvalue weighted by Crippen LogP contribution is 2.39. The van der Waals surface area contributed by atoms with Gasteiger partial charge in [0.1, 0.15) is 11.9 Å². The van der Waals surface area contributed by atoms with Crippen LogP contribution in [0.15, 0.2) is 30.5 Å². The number of fused-ring (bicyclic) bond motifs is 1. The number of aromatic nitrogens is 2. The lowest BCUT2D eigenvalue weighted by Gasteiger charge is -2.30. The van der Waals surface area contributed by atoms with Crippen molar-refractivity contribution in [1.82, 2.24) is 9.78 Å². The minimum atomic E-state index is 0.00333. The number of rotatable bonds is 1. The summed E-state index contributed by atoms with van der Waals surface area (Å²) in [5, 5.41) is 4.27. The van der Waals surface area contributed by atoms with Gasteiger partial charge in [-0.1, -0.05) is 18.2 Å². The Kier molecular flexibility index (Phi) is 2.59. The monoisotopic (exact) mass is 243 g/mol. The third-order valence-corrected chi connectivity index (χ3v) is 3.68. The summed E-state index contributed by atoms with van der Waals surface area (Å²) in [5.41, 5.74) is 9.57. The van der Waals surface area contributed by atoms with Gasteiger partial charge in [0.25, 0.3) is 0 Å². The first kappa shape index (κ1) is 11.3. The van der Waals surface area contributed by atoms with Crippen LogP contribution in [0.2, 0.25) is 0 Å². The second kappa shape index (κ2) is 4.14. The van der Waals surface area contributed by atoms with Gasteiger partial charge in [0.2, 0.25) is 0 Å². The Morgan fingerprint density at radius 2 is 2.11 bits per heavy atom. The SMILES string of the molecule is Cc1c(C2C[C@H](N)c3ccccc3O2)cnn1C. The fourth-order valence-electron chi connectivity index (χ4n) is 2.48. The topological polar surface area (TPSA) is 53.1 Å². The maximum atomic E-state index is 6.22. The van der Waals surface area contributed by atoms with Gasteiger partial charge in [0.05, 0.1) is 6.20 Å². The largest absolute Gasteiger partial charge is 0.485 e. The predicted octanol–water partition coefficient (Wildman–Crippen LogP) is 2.25. The standard InChI is InChI=1S/C14H17N3O/c1-9-11(8-16-17(9)2)14-7-12(15)10-5-3-4-6-13(10)18-14/h3-6,8,12,14H,7,15H2,1-2H3/t12-,14?/m0/s1. The number of nitrogens with zero attached hydrogens (tertiary/aromatic N) is 2. The van der Waals surface area contributed by atoms with Crippen LogP contribution in [-0.2, 0) is 7.05 Å². The van der Waals surface area contributed by atoms with Gasteiger partial charge in [-0.15, -0.1) is 0 Å². The summed E-state index contributed by atoms with van der Waals surface area (Å²) in [6, 6.07) is 8.01. The molecule has 0 radical (unpaired) electrons. The Morgan fingerprint density at radius 1 is 1.33 bits per heavy atom. The number of nitrogens with two attached hydrogens (primary N) is 1. The van der Waals surface area contributed by atoms with Gasteiger partial charge in [-0.25, -0.2) is 0 Å². The van der Waals surface area contributed by atoms with E-state index in [4.69, 9.17) is 10.5 Å². The molecule has 0 bridgehead atoms. The first-order chi connectivity index (χ1) is 8.66. The molecule has 2 aromatic rings. The molecule has 1 aliphatic heterocycles. The molecular formula is C14H17N3O. The fraction of sp³-hybridized carbons (Fsp3) is 0.357. The average molecular weight is 243 g/mol. The van der Waals surface area contributed by atoms with Gasteiger partial charge in [0, 0.05) is 36.3 Å². The molecule has 0 amide bonds. The number of aryl methyl sites for hydroxylation is 1. The summed E-state index contributed by atoms with van der Waals surface area (Å²) in [5.74, 6) is 0.893. The molecule has 1 aromatic carbocycles. The minimum Gasteiger partial charge on any atom is -0.485 e. The van der Waals surface area contributed by atoms with Crippen LogP contribution >= 0.6 is 0 Å². The van der Waals surface area contributed by atoms with Crippen LogP contribution in [0, 0.1) is 6.92 Å². The molecule has 2 atom stereocenters. The van der Waals surface area contributed by atoms with Gasteiger partial charge in [-0.2, -0.15) is 5.10 Å². The van der Waals surface area contributed by atoms with Gasteiger partial charge in [-0.3, -0.25) is 4.68 Å². The van der Waals surface area contributed by atoms with Crippen molar-refractivity contribution in [3.63, 3.8) is 0 Å². The van der Waals surface area contributed by atoms with Gasteiger partial charge in [-0.05, 0) is 13.0 Å². The van der Waals surface area contributed by atoms with Crippen LogP contribution in [0.25, 0.3) is 0 Å². The first-order valence-electron chi connectivity index (χ1n) is 6.16. The molecule has 4 nitrogen and oxygen atoms in total. The summed E-state index contributed by atoms with van der Waals surface area (Å²) >= 11 is 0. The molecule has 2 N–H and O–H groups in total. The number of benzene rings is 1. The van der Waals surface area contributed by atoms with Crippen molar-refractivity contribution in [2.75, 3.05) is 0 Å². The molecular weight excluding hydrogens is 226 g/mol. The Hall–Kier alpha value is -1.81. The molecule has 3 rings (SSSR count). The lowest BCUT2D eigenvalue weighted by Crippen LogP contribution is -2.24. The van der Waals surface area contributed by atoms with Crippen molar-refractivity contribution in [3.05, 3.63) is 47.3 Å². The molecule has 1 unspecified atom stereocenters. The van der Waals surface area contributed by atoms with Crippen LogP contribution in [-0.4, -0.2) is 9.78 Å². The lowest BCUT2D eigenvalue weighted by molar-refractivity contribution is 0.161. The number of para-hydroxylation sites is 1. The van der Waals surface area contributed by atoms with E-state index >= 15 is 0 Å². The predicted molar refractivity (Wildman–Crippen MR) is 69.3 cm³/mol. The number of ether oxygens (including phenoxy) is 1. The number of hydrogen-bond acceptors (Lipinski definition) is 3. The van der Waals surface area contributed by atoms with E-state index in [2.05, 4.69) is 12.0 Å². The van der Waals surface area contributed by atoms with Crippen LogP contribution in [0.3, 0.4) is 0 Å². The van der Waals surface area contributed by atoms with Crippen LogP contribution in [0.4, 0.5) is 0 Å². The van der Waals surface area contributed by atoms with Crippen molar-refractivity contribution >= 4 is 0 Å². The fourth-order valence-corrected chi connectivity index (χ4v) is 2.48. The van der Waals surface area contributed by atoms with Gasteiger partial charge in [0.15, 0.2) is 0 Å². The van der Waals surface area contributed by atoms with E-state index in [9.17, 15) is 0 Å². The van der Waals surface area contributed by atoms with E-state index in [-0.39, 0.29) is 12.1 Å². The van der Waals surface area contributed by atoms with Gasteiger partial charge < -0.3 is 10.5 Å². The maximum Gasteiger partial charge on any atom is 0.129 e. The molecule has 0 saturated heterocycles. The Bertz CT molecular complexity index is 576. The molecule has 2 heterocycles. The highest BCUT2D eigenvalue weighted by atomic mass is 16.5. The van der Waals surface area contributed by atoms with Crippen molar-refractivity contribution < 1.29 is 4.74 Å².